The Hall–Kier alpha value is -5.72. The highest BCUT2D eigenvalue weighted by Crippen LogP contribution is 2.34. The van der Waals surface area contributed by atoms with Crippen molar-refractivity contribution in [1.29, 1.82) is 0 Å². The molecule has 2 aromatic carbocycles. The quantitative estimate of drug-likeness (QED) is 0.0587. The predicted molar refractivity (Wildman–Crippen MR) is 204 cm³/mol. The van der Waals surface area contributed by atoms with E-state index in [9.17, 15) is 14.4 Å². The van der Waals surface area contributed by atoms with Crippen LogP contribution < -0.4 is 5.32 Å². The van der Waals surface area contributed by atoms with Crippen molar-refractivity contribution in [2.75, 3.05) is 34.4 Å². The van der Waals surface area contributed by atoms with E-state index in [1.54, 1.807) is 23.8 Å². The number of nitrogens with one attached hydrogen (secondary N) is 3. The van der Waals surface area contributed by atoms with Gasteiger partial charge < -0.3 is 39.4 Å². The maximum Gasteiger partial charge on any atom is 0.407 e. The van der Waals surface area contributed by atoms with Gasteiger partial charge in [0, 0.05) is 43.1 Å². The second-order valence-electron chi connectivity index (χ2n) is 14.0. The third-order valence-corrected chi connectivity index (χ3v) is 10.2. The summed E-state index contributed by atoms with van der Waals surface area (Å²) < 4.78 is 10.2. The molecule has 2 saturated heterocycles. The van der Waals surface area contributed by atoms with Crippen LogP contribution in [-0.2, 0) is 28.8 Å². The second kappa shape index (κ2) is 17.6. The molecule has 6 rings (SSSR count). The molecule has 2 aliphatic rings. The Kier molecular flexibility index (Phi) is 12.5. The Labute approximate surface area is 320 Å². The lowest BCUT2D eigenvalue weighted by atomic mass is 10.0. The third-order valence-electron chi connectivity index (χ3n) is 10.2. The number of hydrogen-bond donors (Lipinski definition) is 3. The number of hydrogen-bond acceptors (Lipinski definition) is 10. The zero-order chi connectivity index (χ0) is 39.1. The molecule has 2 fully saturated rings. The van der Waals surface area contributed by atoms with Gasteiger partial charge in [-0.2, -0.15) is 4.89 Å². The van der Waals surface area contributed by atoms with Gasteiger partial charge in [-0.3, -0.25) is 9.59 Å². The first-order chi connectivity index (χ1) is 26.6. The molecular formula is C40H48N8O7. The highest BCUT2D eigenvalue weighted by molar-refractivity contribution is 5.87. The van der Waals surface area contributed by atoms with Crippen LogP contribution in [0.2, 0.25) is 0 Å². The van der Waals surface area contributed by atoms with E-state index in [1.807, 2.05) is 62.5 Å². The van der Waals surface area contributed by atoms with Crippen LogP contribution in [0.25, 0.3) is 22.3 Å². The van der Waals surface area contributed by atoms with Crippen LogP contribution in [-0.4, -0.2) is 107 Å². The van der Waals surface area contributed by atoms with Gasteiger partial charge in [-0.15, -0.1) is 0 Å². The van der Waals surface area contributed by atoms with E-state index in [0.29, 0.717) is 24.7 Å². The van der Waals surface area contributed by atoms with Crippen LogP contribution in [0.5, 0.6) is 0 Å². The van der Waals surface area contributed by atoms with Gasteiger partial charge in [-0.1, -0.05) is 37.8 Å². The summed E-state index contributed by atoms with van der Waals surface area (Å²) in [6, 6.07) is 11.8. The van der Waals surface area contributed by atoms with Crippen molar-refractivity contribution < 1.29 is 33.6 Å². The number of likely N-dealkylation sites (tertiary alicyclic amines) is 2. The first-order valence-electron chi connectivity index (χ1n) is 18.5. The van der Waals surface area contributed by atoms with Crippen LogP contribution in [0.15, 0.2) is 53.7 Å². The van der Waals surface area contributed by atoms with Crippen molar-refractivity contribution in [3.63, 3.8) is 0 Å². The average molecular weight is 753 g/mol. The number of alkyl carbamates (subject to hydrolysis) is 1. The lowest BCUT2D eigenvalue weighted by Gasteiger charge is -2.29. The maximum absolute atomic E-state index is 13.6. The first-order valence-corrected chi connectivity index (χ1v) is 18.5. The molecule has 0 aliphatic carbocycles. The number of ether oxygens (including phenoxy) is 2. The number of carbonyl (C=O) groups excluding carboxylic acids is 3. The van der Waals surface area contributed by atoms with E-state index < -0.39 is 24.3 Å². The van der Waals surface area contributed by atoms with Crippen molar-refractivity contribution in [2.24, 2.45) is 10.9 Å². The molecule has 0 spiro atoms. The predicted octanol–water partition coefficient (Wildman–Crippen LogP) is 5.07. The molecule has 0 unspecified atom stereocenters. The highest BCUT2D eigenvalue weighted by Gasteiger charge is 2.39. The van der Waals surface area contributed by atoms with Crippen LogP contribution >= 0.6 is 0 Å². The van der Waals surface area contributed by atoms with E-state index in [0.717, 1.165) is 65.5 Å². The molecule has 0 radical (unpaired) electrons. The fourth-order valence-corrected chi connectivity index (χ4v) is 7.11. The lowest BCUT2D eigenvalue weighted by molar-refractivity contribution is -0.188. The van der Waals surface area contributed by atoms with Crippen LogP contribution in [0.3, 0.4) is 0 Å². The summed E-state index contributed by atoms with van der Waals surface area (Å²) in [7, 11) is 4.19. The molecule has 0 bridgehead atoms. The number of imidazole rings is 2. The molecule has 3 N–H and O–H groups in total. The van der Waals surface area contributed by atoms with Gasteiger partial charge in [0.25, 0.3) is 5.91 Å². The van der Waals surface area contributed by atoms with Crippen molar-refractivity contribution in [2.45, 2.75) is 76.7 Å². The number of nitrogens with zero attached hydrogens (tertiary/aromatic N) is 5. The first kappa shape index (κ1) is 39.0. The van der Waals surface area contributed by atoms with Gasteiger partial charge in [0.1, 0.15) is 17.7 Å². The van der Waals surface area contributed by atoms with Crippen LogP contribution in [0.4, 0.5) is 4.79 Å². The molecule has 4 heterocycles. The topological polar surface area (TPSA) is 176 Å². The van der Waals surface area contributed by atoms with Gasteiger partial charge in [0.05, 0.1) is 49.1 Å². The summed E-state index contributed by atoms with van der Waals surface area (Å²) >= 11 is 0. The zero-order valence-electron chi connectivity index (χ0n) is 32.0. The Morgan fingerprint density at radius 1 is 0.909 bits per heavy atom. The van der Waals surface area contributed by atoms with Gasteiger partial charge >= 0.3 is 6.09 Å². The second-order valence-corrected chi connectivity index (χ2v) is 14.0. The molecule has 290 valence electrons. The summed E-state index contributed by atoms with van der Waals surface area (Å²) in [5.41, 5.74) is 4.95. The van der Waals surface area contributed by atoms with Gasteiger partial charge in [0.15, 0.2) is 6.04 Å². The maximum atomic E-state index is 13.6. The van der Waals surface area contributed by atoms with Gasteiger partial charge in [-0.05, 0) is 68.9 Å². The van der Waals surface area contributed by atoms with Gasteiger partial charge in [-0.25, -0.2) is 19.8 Å². The van der Waals surface area contributed by atoms with E-state index in [1.165, 1.54) is 14.2 Å². The van der Waals surface area contributed by atoms with Crippen molar-refractivity contribution >= 4 is 35.3 Å². The monoisotopic (exact) mass is 752 g/mol. The van der Waals surface area contributed by atoms with E-state index >= 15 is 0 Å². The number of amides is 3. The average Bonchev–Trinajstić information content (AvgIpc) is 4.03. The number of rotatable bonds is 12. The molecule has 4 aromatic rings. The number of fused-ring (bicyclic) bond motifs is 1. The molecular weight excluding hydrogens is 704 g/mol. The minimum absolute atomic E-state index is 0.108. The Bertz CT molecular complexity index is 2060. The molecule has 3 amide bonds. The minimum Gasteiger partial charge on any atom is -0.453 e. The van der Waals surface area contributed by atoms with E-state index in [2.05, 4.69) is 37.0 Å². The fourth-order valence-electron chi connectivity index (χ4n) is 7.11. The lowest BCUT2D eigenvalue weighted by Crippen LogP contribution is -2.51. The minimum atomic E-state index is -0.792. The fraction of sp³-hybridized carbons (Fsp3) is 0.450. The van der Waals surface area contributed by atoms with Crippen molar-refractivity contribution in [1.82, 2.24) is 35.1 Å². The number of aliphatic imine (C=N–C) groups is 1. The number of aromatic amines is 2. The highest BCUT2D eigenvalue weighted by atomic mass is 17.2. The van der Waals surface area contributed by atoms with Crippen LogP contribution in [0.1, 0.15) is 81.3 Å². The number of H-pyrrole nitrogens is 2. The molecule has 5 atom stereocenters. The van der Waals surface area contributed by atoms with Crippen molar-refractivity contribution in [3.05, 3.63) is 71.4 Å². The number of aromatic nitrogens is 4. The zero-order valence-corrected chi connectivity index (χ0v) is 32.0. The molecule has 0 saturated carbocycles. The SMILES string of the molecule is COO/C=N\[C@H](C(=O)N1CCC[C@H]1c1nc2cc(C#Cc3ccc(-c4c[nH]c([C@@H]5CCCN5C(=O)[C@@H](NC(=O)OC)C(C)C)n4)cc3)ccc2[nH]1)[C@@H](C)OC. The summed E-state index contributed by atoms with van der Waals surface area (Å²) in [6.07, 6.45) is 5.10. The van der Waals surface area contributed by atoms with Gasteiger partial charge in [0.2, 0.25) is 12.3 Å². The van der Waals surface area contributed by atoms with E-state index in [-0.39, 0.29) is 29.8 Å². The molecule has 15 nitrogen and oxygen atoms in total. The summed E-state index contributed by atoms with van der Waals surface area (Å²) in [6.45, 7) is 6.75. The normalized spacial score (nSPS) is 18.7. The number of carbonyl (C=O) groups is 3. The van der Waals surface area contributed by atoms with E-state index in [4.69, 9.17) is 24.3 Å². The van der Waals surface area contributed by atoms with Crippen molar-refractivity contribution in [3.8, 4) is 23.1 Å². The third kappa shape index (κ3) is 8.82. The molecule has 2 aromatic heterocycles. The Morgan fingerprint density at radius 3 is 2.25 bits per heavy atom. The summed E-state index contributed by atoms with van der Waals surface area (Å²) in [5, 5.41) is 2.69. The number of methoxy groups -OCH3 is 2. The van der Waals surface area contributed by atoms with Crippen LogP contribution in [0, 0.1) is 17.8 Å². The molecule has 2 aliphatic heterocycles. The number of benzene rings is 2. The molecule has 55 heavy (non-hydrogen) atoms. The summed E-state index contributed by atoms with van der Waals surface area (Å²) in [4.78, 5) is 72.7. The largest absolute Gasteiger partial charge is 0.453 e. The Morgan fingerprint density at radius 2 is 1.58 bits per heavy atom. The Balaban J connectivity index is 1.12. The molecule has 15 heteroatoms. The standard InChI is InChI=1S/C40H48N8O7/c1-24(2)34(46-40(51)53-5)38(49)47-19-7-9-32(47)36-41-22-31(45-36)28-16-13-26(14-17-28)11-12-27-15-18-29-30(21-27)44-37(43-29)33-10-8-20-48(33)39(50)35(25(3)52-4)42-23-55-54-6/h13-18,21-25,32-35H,7-10,19-20H2,1-6H3,(H,41,45)(H,43,44)(H,46,51)/b42-23-/t25-,32+,33+,34+,35+/m1/s1. The smallest absolute Gasteiger partial charge is 0.407 e. The summed E-state index contributed by atoms with van der Waals surface area (Å²) in [5.74, 6) is 7.50.